The number of halogens is 1. The van der Waals surface area contributed by atoms with E-state index >= 15 is 0 Å². The van der Waals surface area contributed by atoms with Gasteiger partial charge in [-0.3, -0.25) is 0 Å². The van der Waals surface area contributed by atoms with Crippen molar-refractivity contribution in [3.63, 3.8) is 0 Å². The minimum absolute atomic E-state index is 0.284. The van der Waals surface area contributed by atoms with E-state index in [1.807, 2.05) is 22.6 Å². The molecule has 1 aliphatic rings. The molecule has 1 aliphatic heterocycles. The number of nitrogens with zero attached hydrogens (tertiary/aromatic N) is 2. The second-order valence-electron chi connectivity index (χ2n) is 4.24. The third kappa shape index (κ3) is 2.62. The summed E-state index contributed by atoms with van der Waals surface area (Å²) < 4.78 is 0.576. The third-order valence-electron chi connectivity index (χ3n) is 3.03. The molecule has 1 saturated heterocycles. The maximum Gasteiger partial charge on any atom is 0.347 e. The molecule has 0 atom stereocenters. The Morgan fingerprint density at radius 3 is 2.44 bits per heavy atom. The number of hydrogen-bond acceptors (Lipinski definition) is 4. The molecule has 0 aliphatic carbocycles. The van der Waals surface area contributed by atoms with Crippen LogP contribution in [-0.4, -0.2) is 24.2 Å². The zero-order valence-corrected chi connectivity index (χ0v) is 12.8. The van der Waals surface area contributed by atoms with Crippen LogP contribution in [0, 0.1) is 14.9 Å². The highest BCUT2D eigenvalue weighted by Gasteiger charge is 2.24. The van der Waals surface area contributed by atoms with E-state index in [2.05, 4.69) is 11.0 Å². The normalized spacial score (nSPS) is 16.1. The summed E-state index contributed by atoms with van der Waals surface area (Å²) in [6.45, 7) is 1.84. The Morgan fingerprint density at radius 2 is 1.94 bits per heavy atom. The third-order valence-corrected chi connectivity index (χ3v) is 5.71. The fourth-order valence-electron chi connectivity index (χ4n) is 2.13. The molecular weight excluding hydrogens is 363 g/mol. The quantitative estimate of drug-likeness (QED) is 0.805. The lowest BCUT2D eigenvalue weighted by Gasteiger charge is -2.20. The Bertz CT molecular complexity index is 499. The SMILES string of the molecule is N#Cc1c(N2CCCCCC2)sc(C(=O)O)c1I. The first-order valence-corrected chi connectivity index (χ1v) is 7.75. The standard InChI is InChI=1S/C12H13IN2O2S/c13-9-8(7-14)11(18-10(9)12(16)17)15-5-3-1-2-4-6-15/h1-6H2,(H,16,17). The Kier molecular flexibility index (Phi) is 4.45. The largest absolute Gasteiger partial charge is 0.477 e. The van der Waals surface area contributed by atoms with Gasteiger partial charge in [-0.05, 0) is 35.4 Å². The van der Waals surface area contributed by atoms with Crippen molar-refractivity contribution in [2.45, 2.75) is 25.7 Å². The molecule has 0 aromatic carbocycles. The highest BCUT2D eigenvalue weighted by atomic mass is 127. The number of anilines is 1. The van der Waals surface area contributed by atoms with Gasteiger partial charge < -0.3 is 10.0 Å². The Morgan fingerprint density at radius 1 is 1.33 bits per heavy atom. The van der Waals surface area contributed by atoms with E-state index in [9.17, 15) is 10.1 Å². The second kappa shape index (κ2) is 5.89. The lowest BCUT2D eigenvalue weighted by molar-refractivity contribution is 0.0701. The van der Waals surface area contributed by atoms with Crippen LogP contribution in [0.4, 0.5) is 5.00 Å². The molecule has 2 heterocycles. The van der Waals surface area contributed by atoms with Gasteiger partial charge >= 0.3 is 5.97 Å². The van der Waals surface area contributed by atoms with Crippen LogP contribution in [0.25, 0.3) is 0 Å². The topological polar surface area (TPSA) is 64.3 Å². The molecule has 1 aromatic rings. The van der Waals surface area contributed by atoms with Crippen molar-refractivity contribution < 1.29 is 9.90 Å². The molecule has 6 heteroatoms. The van der Waals surface area contributed by atoms with Crippen molar-refractivity contribution in [2.75, 3.05) is 18.0 Å². The maximum absolute atomic E-state index is 11.1. The average molecular weight is 376 g/mol. The Balaban J connectivity index is 2.40. The molecule has 0 amide bonds. The number of aromatic carboxylic acids is 1. The summed E-state index contributed by atoms with van der Waals surface area (Å²) in [5.41, 5.74) is 0.528. The van der Waals surface area contributed by atoms with Crippen molar-refractivity contribution in [3.05, 3.63) is 14.0 Å². The van der Waals surface area contributed by atoms with Gasteiger partial charge in [-0.25, -0.2) is 4.79 Å². The summed E-state index contributed by atoms with van der Waals surface area (Å²) in [6.07, 6.45) is 4.66. The summed E-state index contributed by atoms with van der Waals surface area (Å²) in [7, 11) is 0. The monoisotopic (exact) mass is 376 g/mol. The van der Waals surface area contributed by atoms with Crippen LogP contribution in [0.2, 0.25) is 0 Å². The van der Waals surface area contributed by atoms with Crippen LogP contribution in [0.5, 0.6) is 0 Å². The molecule has 0 radical (unpaired) electrons. The van der Waals surface area contributed by atoms with Crippen molar-refractivity contribution in [1.29, 1.82) is 5.26 Å². The van der Waals surface area contributed by atoms with Gasteiger partial charge in [-0.15, -0.1) is 11.3 Å². The van der Waals surface area contributed by atoms with E-state index in [1.54, 1.807) is 0 Å². The van der Waals surface area contributed by atoms with Gasteiger partial charge in [0.1, 0.15) is 21.5 Å². The molecule has 0 spiro atoms. The van der Waals surface area contributed by atoms with Crippen LogP contribution in [-0.2, 0) is 0 Å². The molecular formula is C12H13IN2O2S. The fourth-order valence-corrected chi connectivity index (χ4v) is 4.28. The highest BCUT2D eigenvalue weighted by Crippen LogP contribution is 2.37. The van der Waals surface area contributed by atoms with E-state index in [1.165, 1.54) is 24.2 Å². The number of hydrogen-bond donors (Lipinski definition) is 1. The summed E-state index contributed by atoms with van der Waals surface area (Å²) in [5, 5.41) is 19.2. The lowest BCUT2D eigenvalue weighted by Crippen LogP contribution is -2.23. The van der Waals surface area contributed by atoms with Crippen LogP contribution in [0.15, 0.2) is 0 Å². The summed E-state index contributed by atoms with van der Waals surface area (Å²) in [4.78, 5) is 13.6. The Hall–Kier alpha value is -0.810. The molecule has 0 unspecified atom stereocenters. The molecule has 4 nitrogen and oxygen atoms in total. The van der Waals surface area contributed by atoms with Crippen molar-refractivity contribution >= 4 is 44.9 Å². The van der Waals surface area contributed by atoms with Crippen molar-refractivity contribution in [2.24, 2.45) is 0 Å². The van der Waals surface area contributed by atoms with Gasteiger partial charge in [-0.2, -0.15) is 5.26 Å². The van der Waals surface area contributed by atoms with Gasteiger partial charge in [0.15, 0.2) is 0 Å². The van der Waals surface area contributed by atoms with E-state index in [0.717, 1.165) is 30.9 Å². The maximum atomic E-state index is 11.1. The van der Waals surface area contributed by atoms with E-state index in [-0.39, 0.29) is 4.88 Å². The van der Waals surface area contributed by atoms with Gasteiger partial charge in [0.2, 0.25) is 0 Å². The summed E-state index contributed by atoms with van der Waals surface area (Å²) in [6, 6.07) is 2.15. The molecule has 18 heavy (non-hydrogen) atoms. The van der Waals surface area contributed by atoms with Crippen LogP contribution in [0.3, 0.4) is 0 Å². The molecule has 2 rings (SSSR count). The van der Waals surface area contributed by atoms with Gasteiger partial charge in [0.25, 0.3) is 0 Å². The first-order chi connectivity index (χ1) is 8.65. The molecule has 96 valence electrons. The zero-order valence-electron chi connectivity index (χ0n) is 9.78. The number of carboxylic acids is 1. The van der Waals surface area contributed by atoms with Crippen LogP contribution in [0.1, 0.15) is 40.9 Å². The average Bonchev–Trinajstić information content (AvgIpc) is 2.54. The van der Waals surface area contributed by atoms with E-state index in [0.29, 0.717) is 9.13 Å². The van der Waals surface area contributed by atoms with Gasteiger partial charge in [0.05, 0.1) is 3.57 Å². The van der Waals surface area contributed by atoms with Crippen molar-refractivity contribution in [1.82, 2.24) is 0 Å². The summed E-state index contributed by atoms with van der Waals surface area (Å²) in [5.74, 6) is -0.943. The number of carbonyl (C=O) groups is 1. The van der Waals surface area contributed by atoms with Crippen LogP contribution >= 0.6 is 33.9 Å². The first kappa shape index (κ1) is 13.6. The first-order valence-electron chi connectivity index (χ1n) is 5.85. The predicted molar refractivity (Wildman–Crippen MR) is 79.4 cm³/mol. The number of thiophene rings is 1. The van der Waals surface area contributed by atoms with Crippen molar-refractivity contribution in [3.8, 4) is 6.07 Å². The minimum atomic E-state index is -0.943. The number of nitriles is 1. The highest BCUT2D eigenvalue weighted by molar-refractivity contribution is 14.1. The molecule has 1 aromatic heterocycles. The second-order valence-corrected chi connectivity index (χ2v) is 6.32. The Labute approximate surface area is 123 Å². The number of rotatable bonds is 2. The number of carboxylic acid groups (broad SMARTS) is 1. The molecule has 0 saturated carbocycles. The molecule has 1 fully saturated rings. The van der Waals surface area contributed by atoms with Gasteiger partial charge in [0, 0.05) is 13.1 Å². The molecule has 1 N–H and O–H groups in total. The smallest absolute Gasteiger partial charge is 0.347 e. The minimum Gasteiger partial charge on any atom is -0.477 e. The van der Waals surface area contributed by atoms with E-state index in [4.69, 9.17) is 5.11 Å². The van der Waals surface area contributed by atoms with Crippen LogP contribution < -0.4 is 4.90 Å². The zero-order chi connectivity index (χ0) is 13.1. The molecule has 0 bridgehead atoms. The lowest BCUT2D eigenvalue weighted by atomic mass is 10.2. The predicted octanol–water partition coefficient (Wildman–Crippen LogP) is 3.30. The van der Waals surface area contributed by atoms with E-state index < -0.39 is 5.97 Å². The fraction of sp³-hybridized carbons (Fsp3) is 0.500. The van der Waals surface area contributed by atoms with Gasteiger partial charge in [-0.1, -0.05) is 12.8 Å². The summed E-state index contributed by atoms with van der Waals surface area (Å²) >= 11 is 3.19.